The summed E-state index contributed by atoms with van der Waals surface area (Å²) in [6, 6.07) is 3.71. The first kappa shape index (κ1) is 23.2. The zero-order valence-electron chi connectivity index (χ0n) is 16.9. The van der Waals surface area contributed by atoms with Crippen LogP contribution in [0, 0.1) is 11.8 Å². The van der Waals surface area contributed by atoms with Gasteiger partial charge in [0.05, 0.1) is 5.69 Å². The molecule has 0 aliphatic heterocycles. The Labute approximate surface area is 179 Å². The average molecular weight is 478 g/mol. The van der Waals surface area contributed by atoms with Gasteiger partial charge in [-0.05, 0) is 36.1 Å². The number of nitrogens with zero attached hydrogens (tertiary/aromatic N) is 2. The van der Waals surface area contributed by atoms with Gasteiger partial charge in [0.15, 0.2) is 10.3 Å². The van der Waals surface area contributed by atoms with Crippen molar-refractivity contribution in [3.8, 4) is 5.75 Å². The number of alkyl halides is 3. The fourth-order valence-corrected chi connectivity index (χ4v) is 3.70. The van der Waals surface area contributed by atoms with E-state index in [0.29, 0.717) is 0 Å². The number of aromatic hydroxyl groups is 1. The number of phenolic OH excluding ortho intramolecular Hbond substituents is 1. The SMILES string of the molecule is Cc1ccc([C@H](Nc2c(Nc3cccc(S(=O)(=O)N(C)C)c3O)[nH]o[n+]2=O)C(F)(F)F)o1. The number of sulfonamides is 1. The van der Waals surface area contributed by atoms with Crippen LogP contribution >= 0.6 is 0 Å². The molecule has 1 atom stereocenters. The molecule has 0 radical (unpaired) electrons. The van der Waals surface area contributed by atoms with Crippen molar-refractivity contribution in [3.63, 3.8) is 0 Å². The second-order valence-corrected chi connectivity index (χ2v) is 8.93. The molecule has 32 heavy (non-hydrogen) atoms. The van der Waals surface area contributed by atoms with Crippen molar-refractivity contribution >= 4 is 27.3 Å². The summed E-state index contributed by atoms with van der Waals surface area (Å²) in [7, 11) is -1.52. The highest BCUT2D eigenvalue weighted by atomic mass is 32.2. The monoisotopic (exact) mass is 478 g/mol. The predicted octanol–water partition coefficient (Wildman–Crippen LogP) is 2.84. The van der Waals surface area contributed by atoms with Crippen LogP contribution in [-0.2, 0) is 10.0 Å². The molecule has 0 amide bonds. The third-order valence-corrected chi connectivity index (χ3v) is 6.17. The third-order valence-electron chi connectivity index (χ3n) is 4.32. The number of hydrogen-bond acceptors (Lipinski definition) is 8. The molecule has 2 aromatic heterocycles. The largest absolute Gasteiger partial charge is 0.504 e. The molecule has 174 valence electrons. The zero-order chi connectivity index (χ0) is 23.8. The van der Waals surface area contributed by atoms with Crippen LogP contribution in [0.2, 0.25) is 0 Å². The second-order valence-electron chi connectivity index (χ2n) is 6.81. The standard InChI is InChI=1S/C17H18F3N5O6S/c1-9-7-8-11(30-9)14(17(18,19)20)22-16-15(23-31-25(16)27)21-10-5-4-6-12(13(10)26)32(28,29)24(2)3/h4-8,14,22H,1-3H3,(H2-,21,23,26,27)/p+1/t14-/m0/s1. The lowest BCUT2D eigenvalue weighted by Gasteiger charge is -2.16. The van der Waals surface area contributed by atoms with E-state index in [9.17, 15) is 31.6 Å². The number of para-hydroxylation sites is 1. The number of hydrogen-bond donors (Lipinski definition) is 4. The minimum Gasteiger partial charge on any atom is -0.504 e. The lowest BCUT2D eigenvalue weighted by Crippen LogP contribution is -2.31. The summed E-state index contributed by atoms with van der Waals surface area (Å²) in [6.45, 7) is 1.46. The Kier molecular flexibility index (Phi) is 5.97. The van der Waals surface area contributed by atoms with Gasteiger partial charge in [-0.3, -0.25) is 5.32 Å². The van der Waals surface area contributed by atoms with E-state index in [0.717, 1.165) is 16.4 Å². The van der Waals surface area contributed by atoms with Crippen molar-refractivity contribution in [2.24, 2.45) is 0 Å². The maximum absolute atomic E-state index is 13.6. The number of H-pyrrole nitrogens is 1. The Morgan fingerprint density at radius 3 is 2.47 bits per heavy atom. The van der Waals surface area contributed by atoms with Crippen LogP contribution in [0.25, 0.3) is 0 Å². The van der Waals surface area contributed by atoms with Crippen molar-refractivity contribution in [2.75, 3.05) is 24.7 Å². The van der Waals surface area contributed by atoms with Crippen LogP contribution in [0.5, 0.6) is 5.75 Å². The van der Waals surface area contributed by atoms with E-state index in [2.05, 4.69) is 15.1 Å². The van der Waals surface area contributed by atoms with E-state index in [1.165, 1.54) is 39.2 Å². The van der Waals surface area contributed by atoms with Crippen molar-refractivity contribution in [1.29, 1.82) is 0 Å². The number of phenols is 1. The minimum absolute atomic E-state index is 0.217. The number of anilines is 3. The van der Waals surface area contributed by atoms with E-state index in [1.807, 2.05) is 5.32 Å². The van der Waals surface area contributed by atoms with Gasteiger partial charge in [-0.25, -0.2) is 12.7 Å². The molecule has 0 fully saturated rings. The molecule has 0 aliphatic carbocycles. The van der Waals surface area contributed by atoms with Crippen molar-refractivity contribution < 1.29 is 40.3 Å². The Morgan fingerprint density at radius 2 is 1.91 bits per heavy atom. The van der Waals surface area contributed by atoms with Gasteiger partial charge in [0.25, 0.3) is 5.82 Å². The summed E-state index contributed by atoms with van der Waals surface area (Å²) < 4.78 is 75.7. The Bertz CT molecular complexity index is 1280. The third kappa shape index (κ3) is 4.43. The summed E-state index contributed by atoms with van der Waals surface area (Å²) in [5, 5.41) is 17.0. The Balaban J connectivity index is 1.99. The van der Waals surface area contributed by atoms with Gasteiger partial charge < -0.3 is 14.8 Å². The molecular formula is C17H19F3N5O6S+. The molecule has 0 spiro atoms. The first-order valence-electron chi connectivity index (χ1n) is 8.88. The topological polar surface area (TPSA) is 147 Å². The van der Waals surface area contributed by atoms with Crippen LogP contribution in [0.3, 0.4) is 0 Å². The summed E-state index contributed by atoms with van der Waals surface area (Å²) in [4.78, 5) is 11.5. The molecule has 0 saturated heterocycles. The van der Waals surface area contributed by atoms with Crippen molar-refractivity contribution in [1.82, 2.24) is 9.46 Å². The summed E-state index contributed by atoms with van der Waals surface area (Å²) in [5.41, 5.74) is -0.217. The fraction of sp³-hybridized carbons (Fsp3) is 0.294. The lowest BCUT2D eigenvalue weighted by atomic mass is 10.2. The number of furan rings is 1. The van der Waals surface area contributed by atoms with E-state index in [-0.39, 0.29) is 16.0 Å². The number of aromatic nitrogens is 2. The van der Waals surface area contributed by atoms with Crippen LogP contribution < -0.4 is 15.2 Å². The molecule has 0 unspecified atom stereocenters. The number of aryl methyl sites for hydroxylation is 1. The van der Waals surface area contributed by atoms with Gasteiger partial charge in [0.2, 0.25) is 16.1 Å². The Hall–Kier alpha value is -3.46. The van der Waals surface area contributed by atoms with E-state index >= 15 is 0 Å². The van der Waals surface area contributed by atoms with Crippen LogP contribution in [-0.4, -0.2) is 43.3 Å². The van der Waals surface area contributed by atoms with Crippen LogP contribution in [0.4, 0.5) is 30.5 Å². The fourth-order valence-electron chi connectivity index (χ4n) is 2.70. The average Bonchev–Trinajstić information content (AvgIpc) is 3.26. The molecule has 3 rings (SSSR count). The van der Waals surface area contributed by atoms with E-state index in [1.54, 1.807) is 0 Å². The van der Waals surface area contributed by atoms with Gasteiger partial charge in [-0.2, -0.15) is 13.2 Å². The number of aromatic amines is 1. The van der Waals surface area contributed by atoms with E-state index < -0.39 is 50.3 Å². The molecule has 0 aliphatic rings. The molecule has 1 aromatic carbocycles. The first-order valence-corrected chi connectivity index (χ1v) is 10.3. The number of rotatable bonds is 7. The molecule has 11 nitrogen and oxygen atoms in total. The van der Waals surface area contributed by atoms with Gasteiger partial charge in [0.1, 0.15) is 16.4 Å². The highest BCUT2D eigenvalue weighted by molar-refractivity contribution is 7.89. The second kappa shape index (κ2) is 8.23. The highest BCUT2D eigenvalue weighted by Gasteiger charge is 2.47. The highest BCUT2D eigenvalue weighted by Crippen LogP contribution is 2.38. The molecule has 0 saturated carbocycles. The molecule has 2 heterocycles. The molecule has 0 bridgehead atoms. The smallest absolute Gasteiger partial charge is 0.429 e. The predicted molar refractivity (Wildman–Crippen MR) is 105 cm³/mol. The van der Waals surface area contributed by atoms with Gasteiger partial charge in [0, 0.05) is 14.1 Å². The summed E-state index contributed by atoms with van der Waals surface area (Å²) in [6.07, 6.45) is -4.85. The number of nitrogens with one attached hydrogen (secondary N) is 3. The maximum Gasteiger partial charge on any atom is 0.429 e. The molecule has 3 aromatic rings. The molecule has 15 heteroatoms. The first-order chi connectivity index (χ1) is 14.8. The summed E-state index contributed by atoms with van der Waals surface area (Å²) >= 11 is 0. The van der Waals surface area contributed by atoms with Crippen LogP contribution in [0.15, 0.2) is 44.3 Å². The summed E-state index contributed by atoms with van der Waals surface area (Å²) in [5.74, 6) is -2.11. The lowest BCUT2D eigenvalue weighted by molar-refractivity contribution is -0.701. The van der Waals surface area contributed by atoms with Gasteiger partial charge >= 0.3 is 12.0 Å². The Morgan fingerprint density at radius 1 is 1.22 bits per heavy atom. The number of benzene rings is 1. The molecule has 4 N–H and O–H groups in total. The minimum atomic E-state index is -4.85. The molecular weight excluding hydrogens is 459 g/mol. The van der Waals surface area contributed by atoms with Gasteiger partial charge in [-0.15, -0.1) is 4.63 Å². The zero-order valence-corrected chi connectivity index (χ0v) is 17.7. The normalized spacial score (nSPS) is 13.3. The number of halogens is 3. The maximum atomic E-state index is 13.6. The van der Waals surface area contributed by atoms with Gasteiger partial charge in [-0.1, -0.05) is 11.2 Å². The van der Waals surface area contributed by atoms with E-state index in [4.69, 9.17) is 4.42 Å². The van der Waals surface area contributed by atoms with Crippen molar-refractivity contribution in [2.45, 2.75) is 24.0 Å². The quantitative estimate of drug-likeness (QED) is 0.379. The van der Waals surface area contributed by atoms with Crippen LogP contribution in [0.1, 0.15) is 17.6 Å². The van der Waals surface area contributed by atoms with Crippen molar-refractivity contribution in [3.05, 3.63) is 46.8 Å².